The fourth-order valence-electron chi connectivity index (χ4n) is 2.65. The van der Waals surface area contributed by atoms with Crippen molar-refractivity contribution >= 4 is 10.8 Å². The number of hydrogen-bond acceptors (Lipinski definition) is 3. The van der Waals surface area contributed by atoms with Crippen LogP contribution in [-0.4, -0.2) is 20.0 Å². The second-order valence-electron chi connectivity index (χ2n) is 5.24. The Kier molecular flexibility index (Phi) is 3.62. The Labute approximate surface area is 123 Å². The second-order valence-corrected chi connectivity index (χ2v) is 5.24. The Bertz CT molecular complexity index is 778. The number of aromatic hydroxyl groups is 1. The summed E-state index contributed by atoms with van der Waals surface area (Å²) in [6, 6.07) is 13.7. The third kappa shape index (κ3) is 2.76. The Morgan fingerprint density at radius 2 is 1.90 bits per heavy atom. The number of benzene rings is 2. The van der Waals surface area contributed by atoms with Crippen molar-refractivity contribution in [2.24, 2.45) is 7.05 Å². The number of hydrogen-bond donors (Lipinski definition) is 2. The standard InChI is InChI=1S/C17H18N2O2/c1-19-15(10-14(11-20)18-19)7-6-12-8-13-4-2-3-5-16(13)17(21)9-12/h2-5,8-10,20-21H,6-7,11H2,1H3. The fourth-order valence-corrected chi connectivity index (χ4v) is 2.65. The van der Waals surface area contributed by atoms with Gasteiger partial charge in [-0.15, -0.1) is 0 Å². The zero-order valence-electron chi connectivity index (χ0n) is 12.0. The number of aryl methyl sites for hydroxylation is 3. The van der Waals surface area contributed by atoms with E-state index in [0.717, 1.165) is 34.9 Å². The Balaban J connectivity index is 1.83. The molecule has 108 valence electrons. The highest BCUT2D eigenvalue weighted by molar-refractivity contribution is 5.88. The summed E-state index contributed by atoms with van der Waals surface area (Å²) in [4.78, 5) is 0. The van der Waals surface area contributed by atoms with Crippen molar-refractivity contribution in [3.05, 3.63) is 59.4 Å². The lowest BCUT2D eigenvalue weighted by Gasteiger charge is -2.06. The van der Waals surface area contributed by atoms with Gasteiger partial charge in [0.25, 0.3) is 0 Å². The predicted octanol–water partition coefficient (Wildman–Crippen LogP) is 2.56. The highest BCUT2D eigenvalue weighted by Crippen LogP contribution is 2.26. The van der Waals surface area contributed by atoms with Gasteiger partial charge in [0.05, 0.1) is 12.3 Å². The minimum Gasteiger partial charge on any atom is -0.507 e. The number of fused-ring (bicyclic) bond motifs is 1. The molecule has 2 aromatic carbocycles. The topological polar surface area (TPSA) is 58.3 Å². The van der Waals surface area contributed by atoms with E-state index < -0.39 is 0 Å². The van der Waals surface area contributed by atoms with E-state index in [4.69, 9.17) is 5.11 Å². The van der Waals surface area contributed by atoms with E-state index in [1.807, 2.05) is 43.4 Å². The SMILES string of the molecule is Cn1nc(CO)cc1CCc1cc(O)c2ccccc2c1. The van der Waals surface area contributed by atoms with E-state index in [-0.39, 0.29) is 6.61 Å². The van der Waals surface area contributed by atoms with Crippen molar-refractivity contribution in [2.45, 2.75) is 19.4 Å². The van der Waals surface area contributed by atoms with Gasteiger partial charge >= 0.3 is 0 Å². The maximum atomic E-state index is 10.1. The minimum absolute atomic E-state index is 0.0371. The first-order chi connectivity index (χ1) is 10.2. The summed E-state index contributed by atoms with van der Waals surface area (Å²) in [6.45, 7) is -0.0371. The van der Waals surface area contributed by atoms with Gasteiger partial charge in [0.15, 0.2) is 0 Å². The molecule has 0 atom stereocenters. The van der Waals surface area contributed by atoms with Crippen LogP contribution in [0.25, 0.3) is 10.8 Å². The molecule has 0 unspecified atom stereocenters. The van der Waals surface area contributed by atoms with Crippen LogP contribution < -0.4 is 0 Å². The Morgan fingerprint density at radius 3 is 2.67 bits per heavy atom. The van der Waals surface area contributed by atoms with E-state index in [1.54, 1.807) is 4.68 Å². The zero-order chi connectivity index (χ0) is 14.8. The lowest BCUT2D eigenvalue weighted by Crippen LogP contribution is -2.00. The van der Waals surface area contributed by atoms with Crippen LogP contribution in [0.4, 0.5) is 0 Å². The molecule has 0 bridgehead atoms. The maximum Gasteiger partial charge on any atom is 0.123 e. The van der Waals surface area contributed by atoms with Crippen LogP contribution >= 0.6 is 0 Å². The van der Waals surface area contributed by atoms with E-state index in [2.05, 4.69) is 11.2 Å². The summed E-state index contributed by atoms with van der Waals surface area (Å²) in [6.07, 6.45) is 1.64. The Morgan fingerprint density at radius 1 is 1.10 bits per heavy atom. The summed E-state index contributed by atoms with van der Waals surface area (Å²) in [7, 11) is 1.88. The van der Waals surface area contributed by atoms with Crippen LogP contribution in [-0.2, 0) is 26.5 Å². The van der Waals surface area contributed by atoms with Gasteiger partial charge in [-0.2, -0.15) is 5.10 Å². The van der Waals surface area contributed by atoms with Crippen molar-refractivity contribution in [1.82, 2.24) is 9.78 Å². The van der Waals surface area contributed by atoms with Crippen LogP contribution in [0.15, 0.2) is 42.5 Å². The van der Waals surface area contributed by atoms with Crippen LogP contribution in [0.3, 0.4) is 0 Å². The Hall–Kier alpha value is -2.33. The molecule has 2 N–H and O–H groups in total. The highest BCUT2D eigenvalue weighted by atomic mass is 16.3. The number of phenolic OH excluding ortho intramolecular Hbond substituents is 1. The molecule has 4 heteroatoms. The number of aliphatic hydroxyl groups excluding tert-OH is 1. The first-order valence-corrected chi connectivity index (χ1v) is 7.00. The van der Waals surface area contributed by atoms with Gasteiger partial charge in [0.2, 0.25) is 0 Å². The molecule has 0 spiro atoms. The number of nitrogens with zero attached hydrogens (tertiary/aromatic N) is 2. The molecular weight excluding hydrogens is 264 g/mol. The molecule has 0 amide bonds. The van der Waals surface area contributed by atoms with Crippen LogP contribution in [0.5, 0.6) is 5.75 Å². The van der Waals surface area contributed by atoms with Gasteiger partial charge in [-0.25, -0.2) is 0 Å². The summed E-state index contributed by atoms with van der Waals surface area (Å²) in [5.74, 6) is 0.323. The zero-order valence-corrected chi connectivity index (χ0v) is 12.0. The van der Waals surface area contributed by atoms with E-state index in [1.165, 1.54) is 0 Å². The predicted molar refractivity (Wildman–Crippen MR) is 82.2 cm³/mol. The lowest BCUT2D eigenvalue weighted by molar-refractivity contribution is 0.275. The maximum absolute atomic E-state index is 10.1. The second kappa shape index (κ2) is 5.58. The van der Waals surface area contributed by atoms with Crippen molar-refractivity contribution in [1.29, 1.82) is 0 Å². The average molecular weight is 282 g/mol. The fraction of sp³-hybridized carbons (Fsp3) is 0.235. The molecule has 21 heavy (non-hydrogen) atoms. The van der Waals surface area contributed by atoms with Gasteiger partial charge < -0.3 is 10.2 Å². The van der Waals surface area contributed by atoms with Gasteiger partial charge in [0.1, 0.15) is 5.75 Å². The van der Waals surface area contributed by atoms with Crippen LogP contribution in [0.1, 0.15) is 17.0 Å². The van der Waals surface area contributed by atoms with Gasteiger partial charge in [-0.1, -0.05) is 30.3 Å². The molecule has 3 aromatic rings. The number of phenols is 1. The van der Waals surface area contributed by atoms with Crippen molar-refractivity contribution in [3.8, 4) is 5.75 Å². The smallest absolute Gasteiger partial charge is 0.123 e. The molecule has 1 aromatic heterocycles. The van der Waals surface area contributed by atoms with Crippen molar-refractivity contribution in [3.63, 3.8) is 0 Å². The normalized spacial score (nSPS) is 11.1. The summed E-state index contributed by atoms with van der Waals surface area (Å²) in [5.41, 5.74) is 2.86. The van der Waals surface area contributed by atoms with Crippen molar-refractivity contribution < 1.29 is 10.2 Å². The van der Waals surface area contributed by atoms with Gasteiger partial charge in [-0.3, -0.25) is 4.68 Å². The summed E-state index contributed by atoms with van der Waals surface area (Å²) >= 11 is 0. The minimum atomic E-state index is -0.0371. The van der Waals surface area contributed by atoms with Gasteiger partial charge in [-0.05, 0) is 35.9 Å². The molecule has 0 aliphatic heterocycles. The average Bonchev–Trinajstić information content (AvgIpc) is 2.86. The van der Waals surface area contributed by atoms with Crippen LogP contribution in [0, 0.1) is 0 Å². The quantitative estimate of drug-likeness (QED) is 0.773. The highest BCUT2D eigenvalue weighted by Gasteiger charge is 2.07. The van der Waals surface area contributed by atoms with Crippen molar-refractivity contribution in [2.75, 3.05) is 0 Å². The molecular formula is C17H18N2O2. The van der Waals surface area contributed by atoms with E-state index >= 15 is 0 Å². The molecule has 0 saturated carbocycles. The third-order valence-corrected chi connectivity index (χ3v) is 3.76. The molecule has 4 nitrogen and oxygen atoms in total. The van der Waals surface area contributed by atoms with Gasteiger partial charge in [0, 0.05) is 18.1 Å². The molecule has 0 fully saturated rings. The molecule has 3 rings (SSSR count). The van der Waals surface area contributed by atoms with E-state index in [9.17, 15) is 5.11 Å². The van der Waals surface area contributed by atoms with Crippen LogP contribution in [0.2, 0.25) is 0 Å². The number of aliphatic hydroxyl groups is 1. The summed E-state index contributed by atoms with van der Waals surface area (Å²) < 4.78 is 1.80. The monoisotopic (exact) mass is 282 g/mol. The molecule has 1 heterocycles. The first kappa shape index (κ1) is 13.6. The first-order valence-electron chi connectivity index (χ1n) is 7.00. The largest absolute Gasteiger partial charge is 0.507 e. The lowest BCUT2D eigenvalue weighted by atomic mass is 10.0. The third-order valence-electron chi connectivity index (χ3n) is 3.76. The number of aromatic nitrogens is 2. The molecule has 0 saturated heterocycles. The molecule has 0 radical (unpaired) electrons. The van der Waals surface area contributed by atoms with E-state index in [0.29, 0.717) is 11.4 Å². The number of rotatable bonds is 4. The summed E-state index contributed by atoms with van der Waals surface area (Å²) in [5, 5.41) is 25.4. The molecule has 0 aliphatic rings. The molecule has 0 aliphatic carbocycles.